The standard InChI is InChI=1S/C23H26ClN3O5S/c1-16(28)22(29)15-23(30)27-8-7-17-13-20(5-6-21(17)27)33(31,32)26-11-9-25(10-12-26)19-4-2-3-18(24)14-19/h2-6,13-14,22,28-29H,1,7-12,15H2. The molecule has 0 bridgehead atoms. The van der Waals surface area contributed by atoms with Gasteiger partial charge in [0.1, 0.15) is 11.9 Å². The maximum Gasteiger partial charge on any atom is 0.243 e. The Kier molecular flexibility index (Phi) is 6.67. The van der Waals surface area contributed by atoms with E-state index >= 15 is 0 Å². The number of hydrogen-bond acceptors (Lipinski definition) is 6. The molecule has 0 spiro atoms. The summed E-state index contributed by atoms with van der Waals surface area (Å²) in [7, 11) is -3.67. The second-order valence-corrected chi connectivity index (χ2v) is 10.5. The number of halogens is 1. The van der Waals surface area contributed by atoms with Crippen molar-refractivity contribution in [3.8, 4) is 0 Å². The first-order valence-electron chi connectivity index (χ1n) is 10.7. The van der Waals surface area contributed by atoms with Crippen LogP contribution in [0.5, 0.6) is 0 Å². The first-order chi connectivity index (χ1) is 15.7. The predicted octanol–water partition coefficient (Wildman–Crippen LogP) is 2.56. The van der Waals surface area contributed by atoms with E-state index in [0.717, 1.165) is 11.3 Å². The first kappa shape index (κ1) is 23.6. The molecule has 0 saturated carbocycles. The largest absolute Gasteiger partial charge is 0.510 e. The highest BCUT2D eigenvalue weighted by atomic mass is 35.5. The van der Waals surface area contributed by atoms with Crippen molar-refractivity contribution in [3.05, 3.63) is 65.4 Å². The molecule has 1 fully saturated rings. The van der Waals surface area contributed by atoms with Crippen molar-refractivity contribution in [2.75, 3.05) is 42.5 Å². The molecule has 1 unspecified atom stereocenters. The number of benzene rings is 2. The van der Waals surface area contributed by atoms with Crippen LogP contribution >= 0.6 is 11.6 Å². The molecule has 4 rings (SSSR count). The topological polar surface area (TPSA) is 101 Å². The van der Waals surface area contributed by atoms with E-state index in [1.54, 1.807) is 18.2 Å². The maximum absolute atomic E-state index is 13.3. The van der Waals surface area contributed by atoms with Gasteiger partial charge in [-0.2, -0.15) is 4.31 Å². The Morgan fingerprint density at radius 2 is 1.82 bits per heavy atom. The molecule has 2 aromatic carbocycles. The van der Waals surface area contributed by atoms with Crippen LogP contribution in [0.15, 0.2) is 59.7 Å². The van der Waals surface area contributed by atoms with Crippen LogP contribution < -0.4 is 9.80 Å². The first-order valence-corrected chi connectivity index (χ1v) is 12.5. The fourth-order valence-electron chi connectivity index (χ4n) is 4.20. The van der Waals surface area contributed by atoms with Crippen LogP contribution in [0.3, 0.4) is 0 Å². The van der Waals surface area contributed by atoms with E-state index in [1.807, 2.05) is 18.2 Å². The summed E-state index contributed by atoms with van der Waals surface area (Å²) in [6.45, 7) is 5.47. The van der Waals surface area contributed by atoms with Crippen molar-refractivity contribution in [3.63, 3.8) is 0 Å². The van der Waals surface area contributed by atoms with Gasteiger partial charge < -0.3 is 20.0 Å². The van der Waals surface area contributed by atoms with E-state index in [2.05, 4.69) is 11.5 Å². The van der Waals surface area contributed by atoms with E-state index in [9.17, 15) is 23.4 Å². The van der Waals surface area contributed by atoms with Crippen molar-refractivity contribution in [1.82, 2.24) is 4.31 Å². The zero-order chi connectivity index (χ0) is 23.8. The monoisotopic (exact) mass is 491 g/mol. The van der Waals surface area contributed by atoms with Crippen LogP contribution in [-0.2, 0) is 21.2 Å². The lowest BCUT2D eigenvalue weighted by atomic mass is 10.1. The molecule has 0 radical (unpaired) electrons. The summed E-state index contributed by atoms with van der Waals surface area (Å²) >= 11 is 6.08. The molecule has 2 aliphatic rings. The predicted molar refractivity (Wildman–Crippen MR) is 127 cm³/mol. The molecule has 0 aromatic heterocycles. The molecule has 2 N–H and O–H groups in total. The fraction of sp³-hybridized carbons (Fsp3) is 0.348. The number of carbonyl (C=O) groups is 1. The number of amides is 1. The summed E-state index contributed by atoms with van der Waals surface area (Å²) in [5.41, 5.74) is 2.36. The van der Waals surface area contributed by atoms with Gasteiger partial charge in [-0.05, 0) is 48.4 Å². The number of aliphatic hydroxyl groups excluding tert-OH is 2. The summed E-state index contributed by atoms with van der Waals surface area (Å²) in [6.07, 6.45) is -1.10. The number of aliphatic hydroxyl groups is 2. The highest BCUT2D eigenvalue weighted by Crippen LogP contribution is 2.32. The van der Waals surface area contributed by atoms with Crippen molar-refractivity contribution in [1.29, 1.82) is 0 Å². The highest BCUT2D eigenvalue weighted by molar-refractivity contribution is 7.89. The van der Waals surface area contributed by atoms with Gasteiger partial charge in [-0.3, -0.25) is 4.79 Å². The van der Waals surface area contributed by atoms with Crippen LogP contribution in [0, 0.1) is 0 Å². The zero-order valence-corrected chi connectivity index (χ0v) is 19.6. The van der Waals surface area contributed by atoms with Gasteiger partial charge in [0.15, 0.2) is 0 Å². The number of piperazine rings is 1. The number of nitrogens with zero attached hydrogens (tertiary/aromatic N) is 3. The number of rotatable bonds is 6. The number of fused-ring (bicyclic) bond motifs is 1. The summed E-state index contributed by atoms with van der Waals surface area (Å²) < 4.78 is 28.0. The Bertz CT molecular complexity index is 1180. The number of anilines is 2. The molecule has 33 heavy (non-hydrogen) atoms. The molecule has 2 aliphatic heterocycles. The molecular weight excluding hydrogens is 466 g/mol. The van der Waals surface area contributed by atoms with Gasteiger partial charge in [0.2, 0.25) is 15.9 Å². The second-order valence-electron chi connectivity index (χ2n) is 8.17. The molecule has 10 heteroatoms. The average Bonchev–Trinajstić information content (AvgIpc) is 3.22. The van der Waals surface area contributed by atoms with E-state index in [4.69, 9.17) is 11.6 Å². The summed E-state index contributed by atoms with van der Waals surface area (Å²) in [6, 6.07) is 12.3. The third kappa shape index (κ3) is 4.86. The van der Waals surface area contributed by atoms with E-state index in [0.29, 0.717) is 49.9 Å². The Labute approximate surface area is 198 Å². The van der Waals surface area contributed by atoms with Crippen molar-refractivity contribution in [2.24, 2.45) is 0 Å². The molecule has 0 aliphatic carbocycles. The molecule has 1 atom stereocenters. The Morgan fingerprint density at radius 3 is 2.48 bits per heavy atom. The van der Waals surface area contributed by atoms with Crippen molar-refractivity contribution < 1.29 is 23.4 Å². The third-order valence-corrected chi connectivity index (χ3v) is 8.18. The van der Waals surface area contributed by atoms with E-state index < -0.39 is 21.9 Å². The molecular formula is C23H26ClN3O5S. The lowest BCUT2D eigenvalue weighted by Gasteiger charge is -2.35. The minimum absolute atomic E-state index is 0.204. The van der Waals surface area contributed by atoms with Crippen molar-refractivity contribution in [2.45, 2.75) is 23.8 Å². The molecule has 2 heterocycles. The van der Waals surface area contributed by atoms with E-state index in [1.165, 1.54) is 15.3 Å². The minimum atomic E-state index is -3.67. The van der Waals surface area contributed by atoms with E-state index in [-0.39, 0.29) is 17.2 Å². The zero-order valence-electron chi connectivity index (χ0n) is 18.0. The summed E-state index contributed by atoms with van der Waals surface area (Å²) in [5, 5.41) is 19.6. The van der Waals surface area contributed by atoms with Gasteiger partial charge >= 0.3 is 0 Å². The smallest absolute Gasteiger partial charge is 0.243 e. The maximum atomic E-state index is 13.3. The third-order valence-electron chi connectivity index (χ3n) is 6.05. The van der Waals surface area contributed by atoms with Crippen LogP contribution in [0.25, 0.3) is 0 Å². The molecule has 8 nitrogen and oxygen atoms in total. The lowest BCUT2D eigenvalue weighted by Crippen LogP contribution is -2.48. The highest BCUT2D eigenvalue weighted by Gasteiger charge is 2.32. The summed E-state index contributed by atoms with van der Waals surface area (Å²) in [5.74, 6) is -0.816. The fourth-order valence-corrected chi connectivity index (χ4v) is 5.86. The molecule has 176 valence electrons. The Hall–Kier alpha value is -2.59. The molecule has 2 aromatic rings. The average molecular weight is 492 g/mol. The van der Waals surface area contributed by atoms with Crippen LogP contribution in [0.2, 0.25) is 5.02 Å². The molecule has 1 amide bonds. The van der Waals surface area contributed by atoms with Gasteiger partial charge in [0, 0.05) is 49.1 Å². The van der Waals surface area contributed by atoms with Crippen LogP contribution in [-0.4, -0.2) is 67.7 Å². The summed E-state index contributed by atoms with van der Waals surface area (Å²) in [4.78, 5) is 16.3. The lowest BCUT2D eigenvalue weighted by molar-refractivity contribution is -0.120. The van der Waals surface area contributed by atoms with Gasteiger partial charge in [-0.1, -0.05) is 24.2 Å². The van der Waals surface area contributed by atoms with Gasteiger partial charge in [-0.25, -0.2) is 8.42 Å². The second kappa shape index (κ2) is 9.34. The number of sulfonamides is 1. The van der Waals surface area contributed by atoms with Crippen LogP contribution in [0.1, 0.15) is 12.0 Å². The Morgan fingerprint density at radius 1 is 1.09 bits per heavy atom. The van der Waals surface area contributed by atoms with Crippen LogP contribution in [0.4, 0.5) is 11.4 Å². The minimum Gasteiger partial charge on any atom is -0.510 e. The molecule has 1 saturated heterocycles. The van der Waals surface area contributed by atoms with Gasteiger partial charge in [0.05, 0.1) is 11.3 Å². The number of hydrogen-bond donors (Lipinski definition) is 2. The Balaban J connectivity index is 1.45. The number of carbonyl (C=O) groups excluding carboxylic acids is 1. The van der Waals surface area contributed by atoms with Gasteiger partial charge in [0.25, 0.3) is 0 Å². The normalized spacial score (nSPS) is 17.6. The van der Waals surface area contributed by atoms with Crippen molar-refractivity contribution >= 4 is 38.9 Å². The SMILES string of the molecule is C=C(O)C(O)CC(=O)N1CCc2cc(S(=O)(=O)N3CCN(c4cccc(Cl)c4)CC3)ccc21. The quantitative estimate of drug-likeness (QED) is 0.602. The van der Waals surface area contributed by atoms with Gasteiger partial charge in [-0.15, -0.1) is 0 Å².